The van der Waals surface area contributed by atoms with Gasteiger partial charge in [-0.3, -0.25) is 4.79 Å². The first-order valence-electron chi connectivity index (χ1n) is 7.58. The van der Waals surface area contributed by atoms with Crippen LogP contribution in [0.25, 0.3) is 0 Å². The summed E-state index contributed by atoms with van der Waals surface area (Å²) in [6.45, 7) is 5.58. The van der Waals surface area contributed by atoms with E-state index >= 15 is 0 Å². The number of carbonyl (C=O) groups excluding carboxylic acids is 1. The molecule has 1 amide bonds. The van der Waals surface area contributed by atoms with Crippen LogP contribution in [0.1, 0.15) is 38.7 Å². The number of aliphatic hydroxyl groups excluding tert-OH is 1. The zero-order chi connectivity index (χ0) is 14.6. The quantitative estimate of drug-likeness (QED) is 0.917. The summed E-state index contributed by atoms with van der Waals surface area (Å²) in [6.07, 6.45) is 2.77. The SMILES string of the molecule is CC[C@@H](C)C(=O)N1CCC[C@@](CO)(c2ccccc2)C1. The number of likely N-dealkylation sites (tertiary alicyclic amines) is 1. The van der Waals surface area contributed by atoms with E-state index in [1.807, 2.05) is 36.9 Å². The lowest BCUT2D eigenvalue weighted by atomic mass is 9.74. The molecule has 1 aliphatic heterocycles. The number of benzene rings is 1. The van der Waals surface area contributed by atoms with Crippen molar-refractivity contribution in [1.82, 2.24) is 4.90 Å². The Bertz CT molecular complexity index is 446. The summed E-state index contributed by atoms with van der Waals surface area (Å²) in [5.74, 6) is 0.293. The Balaban J connectivity index is 2.21. The molecule has 1 saturated heterocycles. The topological polar surface area (TPSA) is 40.5 Å². The summed E-state index contributed by atoms with van der Waals surface area (Å²) in [5, 5.41) is 9.95. The molecule has 0 spiro atoms. The zero-order valence-corrected chi connectivity index (χ0v) is 12.5. The lowest BCUT2D eigenvalue weighted by Crippen LogP contribution is -2.51. The molecule has 0 unspecified atom stereocenters. The van der Waals surface area contributed by atoms with Gasteiger partial charge in [0, 0.05) is 24.4 Å². The first kappa shape index (κ1) is 15.0. The molecule has 0 bridgehead atoms. The number of aliphatic hydroxyl groups is 1. The lowest BCUT2D eigenvalue weighted by Gasteiger charge is -2.43. The smallest absolute Gasteiger partial charge is 0.225 e. The highest BCUT2D eigenvalue weighted by Crippen LogP contribution is 2.34. The third-order valence-electron chi connectivity index (χ3n) is 4.61. The van der Waals surface area contributed by atoms with E-state index in [9.17, 15) is 9.90 Å². The Morgan fingerprint density at radius 2 is 2.10 bits per heavy atom. The largest absolute Gasteiger partial charge is 0.395 e. The van der Waals surface area contributed by atoms with Gasteiger partial charge in [-0.05, 0) is 24.8 Å². The maximum atomic E-state index is 12.4. The van der Waals surface area contributed by atoms with Crippen molar-refractivity contribution in [3.05, 3.63) is 35.9 Å². The lowest BCUT2D eigenvalue weighted by molar-refractivity contribution is -0.137. The Labute approximate surface area is 121 Å². The minimum Gasteiger partial charge on any atom is -0.395 e. The number of piperidine rings is 1. The second-order valence-corrected chi connectivity index (χ2v) is 5.98. The molecule has 1 aromatic rings. The molecule has 20 heavy (non-hydrogen) atoms. The summed E-state index contributed by atoms with van der Waals surface area (Å²) < 4.78 is 0. The minimum atomic E-state index is -0.289. The van der Waals surface area contributed by atoms with Crippen molar-refractivity contribution in [1.29, 1.82) is 0 Å². The average molecular weight is 275 g/mol. The molecule has 0 aliphatic carbocycles. The molecule has 1 N–H and O–H groups in total. The monoisotopic (exact) mass is 275 g/mol. The van der Waals surface area contributed by atoms with E-state index in [1.165, 1.54) is 0 Å². The van der Waals surface area contributed by atoms with Crippen LogP contribution >= 0.6 is 0 Å². The number of rotatable bonds is 4. The van der Waals surface area contributed by atoms with Crippen molar-refractivity contribution >= 4 is 5.91 Å². The van der Waals surface area contributed by atoms with Gasteiger partial charge in [-0.2, -0.15) is 0 Å². The van der Waals surface area contributed by atoms with E-state index in [0.717, 1.165) is 31.4 Å². The normalized spacial score (nSPS) is 24.4. The van der Waals surface area contributed by atoms with Crippen LogP contribution in [-0.2, 0) is 10.2 Å². The number of amides is 1. The van der Waals surface area contributed by atoms with E-state index in [0.29, 0.717) is 6.54 Å². The fourth-order valence-electron chi connectivity index (χ4n) is 3.05. The maximum absolute atomic E-state index is 12.4. The van der Waals surface area contributed by atoms with Gasteiger partial charge < -0.3 is 10.0 Å². The van der Waals surface area contributed by atoms with Gasteiger partial charge in [0.25, 0.3) is 0 Å². The predicted octanol–water partition coefficient (Wildman–Crippen LogP) is 2.59. The fourth-order valence-corrected chi connectivity index (χ4v) is 3.05. The van der Waals surface area contributed by atoms with Gasteiger partial charge >= 0.3 is 0 Å². The van der Waals surface area contributed by atoms with Gasteiger partial charge in [-0.1, -0.05) is 44.2 Å². The van der Waals surface area contributed by atoms with Crippen molar-refractivity contribution in [2.45, 2.75) is 38.5 Å². The summed E-state index contributed by atoms with van der Waals surface area (Å²) in [7, 11) is 0. The van der Waals surface area contributed by atoms with Crippen LogP contribution in [0.5, 0.6) is 0 Å². The van der Waals surface area contributed by atoms with Crippen molar-refractivity contribution in [2.24, 2.45) is 5.92 Å². The Hall–Kier alpha value is -1.35. The molecule has 3 nitrogen and oxygen atoms in total. The average Bonchev–Trinajstić information content (AvgIpc) is 2.54. The van der Waals surface area contributed by atoms with E-state index in [1.54, 1.807) is 0 Å². The number of hydrogen-bond donors (Lipinski definition) is 1. The number of hydrogen-bond acceptors (Lipinski definition) is 2. The van der Waals surface area contributed by atoms with Crippen LogP contribution in [0, 0.1) is 5.92 Å². The molecule has 0 saturated carbocycles. The molecule has 2 atom stereocenters. The van der Waals surface area contributed by atoms with Crippen molar-refractivity contribution in [3.63, 3.8) is 0 Å². The highest BCUT2D eigenvalue weighted by atomic mass is 16.3. The molecule has 1 heterocycles. The van der Waals surface area contributed by atoms with E-state index in [4.69, 9.17) is 0 Å². The Morgan fingerprint density at radius 1 is 1.40 bits per heavy atom. The molecule has 1 aromatic carbocycles. The van der Waals surface area contributed by atoms with Crippen molar-refractivity contribution < 1.29 is 9.90 Å². The Kier molecular flexibility index (Phi) is 4.81. The van der Waals surface area contributed by atoms with Crippen molar-refractivity contribution in [3.8, 4) is 0 Å². The first-order chi connectivity index (χ1) is 9.63. The standard InChI is InChI=1S/C17H25NO2/c1-3-14(2)16(20)18-11-7-10-17(12-18,13-19)15-8-5-4-6-9-15/h4-6,8-9,14,19H,3,7,10-13H2,1-2H3/t14-,17-/m1/s1. The Morgan fingerprint density at radius 3 is 2.70 bits per heavy atom. The predicted molar refractivity (Wildman–Crippen MR) is 80.5 cm³/mol. The van der Waals surface area contributed by atoms with Gasteiger partial charge in [0.1, 0.15) is 0 Å². The molecule has 1 aliphatic rings. The van der Waals surface area contributed by atoms with Crippen molar-refractivity contribution in [2.75, 3.05) is 19.7 Å². The number of nitrogens with zero attached hydrogens (tertiary/aromatic N) is 1. The summed E-state index contributed by atoms with van der Waals surface area (Å²) in [6, 6.07) is 10.1. The van der Waals surface area contributed by atoms with E-state index < -0.39 is 0 Å². The highest BCUT2D eigenvalue weighted by molar-refractivity contribution is 5.78. The second-order valence-electron chi connectivity index (χ2n) is 5.98. The molecule has 2 rings (SSSR count). The third kappa shape index (κ3) is 2.88. The molecule has 110 valence electrons. The molecule has 3 heteroatoms. The van der Waals surface area contributed by atoms with E-state index in [-0.39, 0.29) is 23.8 Å². The van der Waals surface area contributed by atoms with Gasteiger partial charge in [-0.25, -0.2) is 0 Å². The van der Waals surface area contributed by atoms with Crippen LogP contribution in [0.3, 0.4) is 0 Å². The highest BCUT2D eigenvalue weighted by Gasteiger charge is 2.38. The molecule has 1 fully saturated rings. The third-order valence-corrected chi connectivity index (χ3v) is 4.61. The minimum absolute atomic E-state index is 0.0697. The van der Waals surface area contributed by atoms with Gasteiger partial charge in [0.05, 0.1) is 6.61 Å². The maximum Gasteiger partial charge on any atom is 0.225 e. The van der Waals surface area contributed by atoms with E-state index in [2.05, 4.69) is 12.1 Å². The molecular formula is C17H25NO2. The molecular weight excluding hydrogens is 250 g/mol. The first-order valence-corrected chi connectivity index (χ1v) is 7.58. The number of carbonyl (C=O) groups is 1. The van der Waals surface area contributed by atoms with Gasteiger partial charge in [-0.15, -0.1) is 0 Å². The zero-order valence-electron chi connectivity index (χ0n) is 12.5. The second kappa shape index (κ2) is 6.40. The molecule has 0 aromatic heterocycles. The van der Waals surface area contributed by atoms with Gasteiger partial charge in [0.2, 0.25) is 5.91 Å². The fraction of sp³-hybridized carbons (Fsp3) is 0.588. The summed E-state index contributed by atoms with van der Waals surface area (Å²) in [5.41, 5.74) is 0.854. The van der Waals surface area contributed by atoms with Crippen LogP contribution in [0.4, 0.5) is 0 Å². The van der Waals surface area contributed by atoms with Crippen LogP contribution in [0.15, 0.2) is 30.3 Å². The van der Waals surface area contributed by atoms with Crippen LogP contribution in [0.2, 0.25) is 0 Å². The van der Waals surface area contributed by atoms with Crippen LogP contribution < -0.4 is 0 Å². The molecule has 0 radical (unpaired) electrons. The van der Waals surface area contributed by atoms with Gasteiger partial charge in [0.15, 0.2) is 0 Å². The van der Waals surface area contributed by atoms with Crippen LogP contribution in [-0.4, -0.2) is 35.6 Å². The summed E-state index contributed by atoms with van der Waals surface area (Å²) in [4.78, 5) is 14.4. The summed E-state index contributed by atoms with van der Waals surface area (Å²) >= 11 is 0.